The Kier molecular flexibility index (Phi) is 4.36. The van der Waals surface area contributed by atoms with Crippen molar-refractivity contribution in [2.24, 2.45) is 17.8 Å². The molecule has 3 rings (SSSR count). The zero-order valence-corrected chi connectivity index (χ0v) is 13.1. The lowest BCUT2D eigenvalue weighted by Gasteiger charge is -2.16. The number of rotatable bonds is 4. The van der Waals surface area contributed by atoms with Crippen LogP contribution in [-0.4, -0.2) is 23.5 Å². The number of carbonyl (C=O) groups is 2. The van der Waals surface area contributed by atoms with E-state index in [0.717, 1.165) is 12.8 Å². The molecule has 2 aliphatic carbocycles. The monoisotopic (exact) mass is 340 g/mol. The second-order valence-electron chi connectivity index (χ2n) is 5.53. The molecule has 22 heavy (non-hydrogen) atoms. The van der Waals surface area contributed by atoms with Crippen LogP contribution in [0.1, 0.15) is 12.8 Å². The molecule has 116 valence electrons. The van der Waals surface area contributed by atoms with Gasteiger partial charge in [-0.3, -0.25) is 9.59 Å². The molecule has 0 aliphatic heterocycles. The SMILES string of the molecule is O=C(COC(=O)[C@@H]1C[C@H]2C=C[C@H]1C2)Nc1ncc(Cl)cc1Cl. The van der Waals surface area contributed by atoms with Crippen LogP contribution in [0.2, 0.25) is 10.0 Å². The third-order valence-electron chi connectivity index (χ3n) is 3.99. The van der Waals surface area contributed by atoms with Gasteiger partial charge < -0.3 is 10.1 Å². The van der Waals surface area contributed by atoms with Crippen LogP contribution in [0.3, 0.4) is 0 Å². The van der Waals surface area contributed by atoms with Crippen LogP contribution < -0.4 is 5.32 Å². The molecule has 0 saturated heterocycles. The molecular formula is C15H14Cl2N2O3. The first-order chi connectivity index (χ1) is 10.5. The van der Waals surface area contributed by atoms with Gasteiger partial charge in [0.15, 0.2) is 12.4 Å². The number of nitrogens with zero attached hydrogens (tertiary/aromatic N) is 1. The number of amides is 1. The van der Waals surface area contributed by atoms with Crippen molar-refractivity contribution in [3.63, 3.8) is 0 Å². The van der Waals surface area contributed by atoms with Crippen LogP contribution >= 0.6 is 23.2 Å². The number of fused-ring (bicyclic) bond motifs is 2. The molecule has 5 nitrogen and oxygen atoms in total. The summed E-state index contributed by atoms with van der Waals surface area (Å²) in [4.78, 5) is 27.7. The minimum atomic E-state index is -0.483. The number of hydrogen-bond donors (Lipinski definition) is 1. The van der Waals surface area contributed by atoms with Crippen LogP contribution in [0.4, 0.5) is 5.82 Å². The standard InChI is InChI=1S/C15H14Cl2N2O3/c16-10-5-12(17)14(18-6-10)19-13(20)7-22-15(21)11-4-8-1-2-9(11)3-8/h1-2,5-6,8-9,11H,3-4,7H2,(H,18,19,20)/t8-,9-,11+/m0/s1. The number of allylic oxidation sites excluding steroid dienone is 2. The van der Waals surface area contributed by atoms with E-state index in [1.165, 1.54) is 12.3 Å². The maximum atomic E-state index is 12.0. The van der Waals surface area contributed by atoms with Crippen LogP contribution in [0.5, 0.6) is 0 Å². The molecule has 0 aromatic carbocycles. The Morgan fingerprint density at radius 2 is 2.14 bits per heavy atom. The molecular weight excluding hydrogens is 327 g/mol. The van der Waals surface area contributed by atoms with Crippen molar-refractivity contribution >= 4 is 40.9 Å². The number of aromatic nitrogens is 1. The minimum absolute atomic E-state index is 0.125. The van der Waals surface area contributed by atoms with Crippen LogP contribution in [-0.2, 0) is 14.3 Å². The van der Waals surface area contributed by atoms with E-state index in [1.807, 2.05) is 0 Å². The van der Waals surface area contributed by atoms with E-state index in [2.05, 4.69) is 22.5 Å². The Bertz CT molecular complexity index is 648. The van der Waals surface area contributed by atoms with Crippen molar-refractivity contribution < 1.29 is 14.3 Å². The van der Waals surface area contributed by atoms with Gasteiger partial charge in [0, 0.05) is 6.20 Å². The third-order valence-corrected chi connectivity index (χ3v) is 4.49. The van der Waals surface area contributed by atoms with E-state index in [0.29, 0.717) is 10.9 Å². The molecule has 0 spiro atoms. The van der Waals surface area contributed by atoms with Gasteiger partial charge >= 0.3 is 5.97 Å². The summed E-state index contributed by atoms with van der Waals surface area (Å²) in [5, 5.41) is 3.09. The molecule has 1 aromatic heterocycles. The molecule has 1 fully saturated rings. The predicted octanol–water partition coefficient (Wildman–Crippen LogP) is 3.08. The minimum Gasteiger partial charge on any atom is -0.455 e. The maximum absolute atomic E-state index is 12.0. The van der Waals surface area contributed by atoms with Gasteiger partial charge in [-0.2, -0.15) is 0 Å². The Balaban J connectivity index is 1.50. The van der Waals surface area contributed by atoms with Crippen molar-refractivity contribution in [1.82, 2.24) is 4.98 Å². The van der Waals surface area contributed by atoms with Gasteiger partial charge in [-0.1, -0.05) is 35.4 Å². The third kappa shape index (κ3) is 3.25. The molecule has 2 aliphatic rings. The zero-order chi connectivity index (χ0) is 15.7. The summed E-state index contributed by atoms with van der Waals surface area (Å²) in [6, 6.07) is 1.47. The van der Waals surface area contributed by atoms with E-state index in [-0.39, 0.29) is 35.3 Å². The fraction of sp³-hybridized carbons (Fsp3) is 0.400. The zero-order valence-electron chi connectivity index (χ0n) is 11.6. The molecule has 2 bridgehead atoms. The number of halogens is 2. The van der Waals surface area contributed by atoms with E-state index in [1.54, 1.807) is 0 Å². The fourth-order valence-electron chi connectivity index (χ4n) is 2.97. The van der Waals surface area contributed by atoms with Gasteiger partial charge in [-0.15, -0.1) is 0 Å². The quantitative estimate of drug-likeness (QED) is 0.675. The molecule has 1 N–H and O–H groups in total. The van der Waals surface area contributed by atoms with Gasteiger partial charge in [0.1, 0.15) is 0 Å². The molecule has 1 heterocycles. The molecule has 3 atom stereocenters. The van der Waals surface area contributed by atoms with Gasteiger partial charge in [-0.25, -0.2) is 4.98 Å². The first-order valence-electron chi connectivity index (χ1n) is 6.99. The van der Waals surface area contributed by atoms with E-state index in [9.17, 15) is 9.59 Å². The number of esters is 1. The Labute approximate surface area is 137 Å². The van der Waals surface area contributed by atoms with Crippen LogP contribution in [0.15, 0.2) is 24.4 Å². The first-order valence-corrected chi connectivity index (χ1v) is 7.74. The van der Waals surface area contributed by atoms with E-state index >= 15 is 0 Å². The maximum Gasteiger partial charge on any atom is 0.310 e. The number of ether oxygens (including phenoxy) is 1. The second kappa shape index (κ2) is 6.26. The Morgan fingerprint density at radius 1 is 1.32 bits per heavy atom. The summed E-state index contributed by atoms with van der Waals surface area (Å²) in [6.45, 7) is -0.350. The topological polar surface area (TPSA) is 68.3 Å². The van der Waals surface area contributed by atoms with Crippen molar-refractivity contribution in [2.45, 2.75) is 12.8 Å². The molecule has 1 amide bonds. The average molecular weight is 341 g/mol. The Hall–Kier alpha value is -1.59. The number of carbonyl (C=O) groups excluding carboxylic acids is 2. The van der Waals surface area contributed by atoms with Crippen molar-refractivity contribution in [3.8, 4) is 0 Å². The number of pyridine rings is 1. The average Bonchev–Trinajstić information content (AvgIpc) is 3.10. The van der Waals surface area contributed by atoms with Crippen molar-refractivity contribution in [2.75, 3.05) is 11.9 Å². The number of hydrogen-bond acceptors (Lipinski definition) is 4. The van der Waals surface area contributed by atoms with Crippen molar-refractivity contribution in [1.29, 1.82) is 0 Å². The van der Waals surface area contributed by atoms with Gasteiger partial charge in [0.25, 0.3) is 5.91 Å². The molecule has 1 saturated carbocycles. The number of nitrogens with one attached hydrogen (secondary N) is 1. The summed E-state index contributed by atoms with van der Waals surface area (Å²) >= 11 is 11.6. The highest BCUT2D eigenvalue weighted by atomic mass is 35.5. The summed E-state index contributed by atoms with van der Waals surface area (Å²) in [6.07, 6.45) is 7.41. The van der Waals surface area contributed by atoms with Crippen LogP contribution in [0.25, 0.3) is 0 Å². The lowest BCUT2D eigenvalue weighted by atomic mass is 9.94. The highest BCUT2D eigenvalue weighted by Crippen LogP contribution is 2.43. The molecule has 0 unspecified atom stereocenters. The predicted molar refractivity (Wildman–Crippen MR) is 82.7 cm³/mol. The van der Waals surface area contributed by atoms with Gasteiger partial charge in [0.05, 0.1) is 16.0 Å². The highest BCUT2D eigenvalue weighted by Gasteiger charge is 2.40. The molecule has 7 heteroatoms. The number of anilines is 1. The van der Waals surface area contributed by atoms with Gasteiger partial charge in [-0.05, 0) is 30.7 Å². The van der Waals surface area contributed by atoms with E-state index < -0.39 is 5.91 Å². The van der Waals surface area contributed by atoms with Gasteiger partial charge in [0.2, 0.25) is 0 Å². The summed E-state index contributed by atoms with van der Waals surface area (Å²) < 4.78 is 5.09. The first kappa shape index (κ1) is 15.3. The summed E-state index contributed by atoms with van der Waals surface area (Å²) in [5.41, 5.74) is 0. The van der Waals surface area contributed by atoms with Crippen LogP contribution in [0, 0.1) is 17.8 Å². The molecule has 1 aromatic rings. The lowest BCUT2D eigenvalue weighted by Crippen LogP contribution is -2.27. The normalized spacial score (nSPS) is 25.3. The smallest absolute Gasteiger partial charge is 0.310 e. The summed E-state index contributed by atoms with van der Waals surface area (Å²) in [5.74, 6) is 0.00217. The van der Waals surface area contributed by atoms with E-state index in [4.69, 9.17) is 27.9 Å². The Morgan fingerprint density at radius 3 is 2.77 bits per heavy atom. The lowest BCUT2D eigenvalue weighted by molar-refractivity contribution is -0.152. The van der Waals surface area contributed by atoms with Crippen molar-refractivity contribution in [3.05, 3.63) is 34.5 Å². The molecule has 0 radical (unpaired) electrons. The largest absolute Gasteiger partial charge is 0.455 e. The second-order valence-corrected chi connectivity index (χ2v) is 6.37. The fourth-order valence-corrected chi connectivity index (χ4v) is 3.40. The summed E-state index contributed by atoms with van der Waals surface area (Å²) in [7, 11) is 0. The highest BCUT2D eigenvalue weighted by molar-refractivity contribution is 6.36.